The molecule has 0 spiro atoms. The van der Waals surface area contributed by atoms with E-state index in [2.05, 4.69) is 20.7 Å². The average Bonchev–Trinajstić information content (AvgIpc) is 3.33. The van der Waals surface area contributed by atoms with E-state index in [9.17, 15) is 0 Å². The summed E-state index contributed by atoms with van der Waals surface area (Å²) in [4.78, 5) is 0. The summed E-state index contributed by atoms with van der Waals surface area (Å²) in [6.45, 7) is 2.09. The summed E-state index contributed by atoms with van der Waals surface area (Å²) in [6.07, 6.45) is 0. The van der Waals surface area contributed by atoms with Crippen molar-refractivity contribution in [2.45, 2.75) is 17.8 Å². The summed E-state index contributed by atoms with van der Waals surface area (Å²) in [5.41, 5.74) is 5.46. The lowest BCUT2D eigenvalue weighted by atomic mass is 10.1. The summed E-state index contributed by atoms with van der Waals surface area (Å²) in [5.74, 6) is 8.43. The zero-order valence-corrected chi connectivity index (χ0v) is 17.6. The number of hydrazone groups is 1. The third kappa shape index (κ3) is 4.36. The number of fused-ring (bicyclic) bond motifs is 1. The summed E-state index contributed by atoms with van der Waals surface area (Å²) in [6, 6.07) is 11.1. The van der Waals surface area contributed by atoms with Gasteiger partial charge in [0.1, 0.15) is 0 Å². The minimum Gasteiger partial charge on any atom is -0.454 e. The maximum absolute atomic E-state index is 6.08. The highest BCUT2D eigenvalue weighted by Gasteiger charge is 2.15. The Kier molecular flexibility index (Phi) is 5.70. The number of hydrogen-bond donors (Lipinski definition) is 2. The zero-order chi connectivity index (χ0) is 20.4. The molecule has 0 amide bonds. The summed E-state index contributed by atoms with van der Waals surface area (Å²) in [7, 11) is 0. The quantitative estimate of drug-likeness (QED) is 0.251. The third-order valence-corrected chi connectivity index (χ3v) is 5.88. The molecular formula is C18H16Cl2N6O2S. The summed E-state index contributed by atoms with van der Waals surface area (Å²) < 4.78 is 12.1. The predicted molar refractivity (Wildman–Crippen MR) is 115 cm³/mol. The molecule has 0 saturated carbocycles. The van der Waals surface area contributed by atoms with E-state index < -0.39 is 0 Å². The van der Waals surface area contributed by atoms with Crippen LogP contribution in [-0.2, 0) is 5.75 Å². The van der Waals surface area contributed by atoms with Crippen LogP contribution in [0.1, 0.15) is 18.1 Å². The molecule has 1 aliphatic heterocycles. The van der Waals surface area contributed by atoms with E-state index in [0.29, 0.717) is 32.7 Å². The number of hydrogen-bond acceptors (Lipinski definition) is 8. The lowest BCUT2D eigenvalue weighted by Gasteiger charge is -2.06. The molecule has 150 valence electrons. The van der Waals surface area contributed by atoms with Crippen LogP contribution in [0.15, 0.2) is 46.7 Å². The smallest absolute Gasteiger partial charge is 0.264 e. The van der Waals surface area contributed by atoms with Crippen molar-refractivity contribution >= 4 is 46.6 Å². The molecule has 11 heteroatoms. The molecule has 1 aliphatic rings. The fourth-order valence-corrected chi connectivity index (χ4v) is 3.67. The minimum atomic E-state index is 0.228. The van der Waals surface area contributed by atoms with Crippen molar-refractivity contribution in [3.8, 4) is 11.5 Å². The number of nitrogens with two attached hydrogens (primary N) is 1. The molecular weight excluding hydrogens is 435 g/mol. The molecule has 29 heavy (non-hydrogen) atoms. The van der Waals surface area contributed by atoms with Crippen LogP contribution in [0.3, 0.4) is 0 Å². The first-order valence-electron chi connectivity index (χ1n) is 8.49. The summed E-state index contributed by atoms with van der Waals surface area (Å²) >= 11 is 13.4. The van der Waals surface area contributed by atoms with Crippen LogP contribution in [0.5, 0.6) is 11.5 Å². The van der Waals surface area contributed by atoms with E-state index in [1.54, 1.807) is 6.07 Å². The van der Waals surface area contributed by atoms with E-state index in [0.717, 1.165) is 22.6 Å². The molecule has 8 nitrogen and oxygen atoms in total. The van der Waals surface area contributed by atoms with Gasteiger partial charge >= 0.3 is 0 Å². The molecule has 0 bridgehead atoms. The number of benzene rings is 2. The van der Waals surface area contributed by atoms with Gasteiger partial charge in [-0.15, -0.1) is 10.2 Å². The van der Waals surface area contributed by atoms with Gasteiger partial charge in [-0.3, -0.25) is 0 Å². The second-order valence-electron chi connectivity index (χ2n) is 6.09. The van der Waals surface area contributed by atoms with Crippen LogP contribution in [-0.4, -0.2) is 27.4 Å². The van der Waals surface area contributed by atoms with E-state index >= 15 is 0 Å². The first-order chi connectivity index (χ1) is 14.0. The Labute approximate surface area is 181 Å². The topological polar surface area (TPSA) is 99.6 Å². The summed E-state index contributed by atoms with van der Waals surface area (Å²) in [5, 5.41) is 14.0. The minimum absolute atomic E-state index is 0.228. The van der Waals surface area contributed by atoms with Crippen LogP contribution >= 0.6 is 35.0 Å². The normalized spacial score (nSPS) is 13.0. The molecule has 0 radical (unpaired) electrons. The molecule has 0 unspecified atom stereocenters. The van der Waals surface area contributed by atoms with Crippen LogP contribution in [0, 0.1) is 0 Å². The molecule has 1 aromatic heterocycles. The van der Waals surface area contributed by atoms with Crippen molar-refractivity contribution in [2.75, 3.05) is 18.1 Å². The van der Waals surface area contributed by atoms with Gasteiger partial charge in [0, 0.05) is 11.3 Å². The van der Waals surface area contributed by atoms with Crippen molar-refractivity contribution in [2.24, 2.45) is 5.10 Å². The van der Waals surface area contributed by atoms with Crippen molar-refractivity contribution in [1.82, 2.24) is 14.9 Å². The van der Waals surface area contributed by atoms with Crippen molar-refractivity contribution in [3.05, 3.63) is 57.6 Å². The molecule has 0 aliphatic carbocycles. The Morgan fingerprint density at radius 1 is 1.17 bits per heavy atom. The fraction of sp³-hybridized carbons (Fsp3) is 0.167. The van der Waals surface area contributed by atoms with Crippen LogP contribution in [0.25, 0.3) is 0 Å². The maximum atomic E-state index is 6.08. The van der Waals surface area contributed by atoms with Crippen molar-refractivity contribution in [1.29, 1.82) is 0 Å². The molecule has 2 aromatic carbocycles. The van der Waals surface area contributed by atoms with Gasteiger partial charge in [-0.25, -0.2) is 10.1 Å². The molecule has 3 N–H and O–H groups in total. The van der Waals surface area contributed by atoms with Gasteiger partial charge in [0.05, 0.1) is 15.8 Å². The zero-order valence-electron chi connectivity index (χ0n) is 15.2. The highest BCUT2D eigenvalue weighted by Crippen LogP contribution is 2.32. The number of anilines is 1. The van der Waals surface area contributed by atoms with Gasteiger partial charge in [0.2, 0.25) is 11.9 Å². The highest BCUT2D eigenvalue weighted by molar-refractivity contribution is 7.98. The first-order valence-corrected chi connectivity index (χ1v) is 10.2. The van der Waals surface area contributed by atoms with Gasteiger partial charge in [-0.1, -0.05) is 41.0 Å². The van der Waals surface area contributed by atoms with E-state index in [1.807, 2.05) is 37.3 Å². The first kappa shape index (κ1) is 19.7. The Morgan fingerprint density at radius 3 is 2.83 bits per heavy atom. The Balaban J connectivity index is 1.41. The number of aromatic nitrogens is 3. The largest absolute Gasteiger partial charge is 0.454 e. The van der Waals surface area contributed by atoms with Gasteiger partial charge in [0.15, 0.2) is 11.5 Å². The van der Waals surface area contributed by atoms with Gasteiger partial charge < -0.3 is 15.3 Å². The molecule has 0 fully saturated rings. The highest BCUT2D eigenvalue weighted by atomic mass is 35.5. The number of nitrogen functional groups attached to an aromatic ring is 1. The monoisotopic (exact) mass is 450 g/mol. The molecule has 2 heterocycles. The molecule has 0 atom stereocenters. The van der Waals surface area contributed by atoms with Gasteiger partial charge in [0.25, 0.3) is 5.95 Å². The Hall–Kier alpha value is -2.62. The Morgan fingerprint density at radius 2 is 2.00 bits per heavy atom. The maximum Gasteiger partial charge on any atom is 0.264 e. The fourth-order valence-electron chi connectivity index (χ4n) is 2.55. The van der Waals surface area contributed by atoms with Gasteiger partial charge in [-0.05, 0) is 42.8 Å². The number of thioether (sulfide) groups is 1. The number of rotatable bonds is 6. The van der Waals surface area contributed by atoms with E-state index in [-0.39, 0.29) is 6.79 Å². The van der Waals surface area contributed by atoms with Gasteiger partial charge in [-0.2, -0.15) is 5.10 Å². The lowest BCUT2D eigenvalue weighted by molar-refractivity contribution is 0.174. The van der Waals surface area contributed by atoms with Crippen LogP contribution in [0.4, 0.5) is 5.95 Å². The number of halogens is 2. The van der Waals surface area contributed by atoms with Crippen LogP contribution in [0.2, 0.25) is 10.0 Å². The molecule has 4 rings (SSSR count). The lowest BCUT2D eigenvalue weighted by Crippen LogP contribution is -2.13. The van der Waals surface area contributed by atoms with Crippen molar-refractivity contribution < 1.29 is 9.47 Å². The van der Waals surface area contributed by atoms with E-state index in [1.165, 1.54) is 16.4 Å². The second-order valence-corrected chi connectivity index (χ2v) is 7.85. The molecule has 3 aromatic rings. The average molecular weight is 451 g/mol. The predicted octanol–water partition coefficient (Wildman–Crippen LogP) is 4.16. The standard InChI is InChI=1S/C18H16Cl2N6O2S/c1-10(12-3-5-15-16(7-12)28-9-27-15)22-23-17-24-25-18(26(17)21)29-8-11-2-4-13(19)14(20)6-11/h2-7H,8-9,21H2,1H3,(H,23,24)/b22-10+. The van der Waals surface area contributed by atoms with Crippen molar-refractivity contribution in [3.63, 3.8) is 0 Å². The number of nitrogens with one attached hydrogen (secondary N) is 1. The molecule has 0 saturated heterocycles. The number of nitrogens with zero attached hydrogens (tertiary/aromatic N) is 4. The van der Waals surface area contributed by atoms with Crippen LogP contribution < -0.4 is 20.7 Å². The number of ether oxygens (including phenoxy) is 2. The third-order valence-electron chi connectivity index (χ3n) is 4.13. The second kappa shape index (κ2) is 8.40. The Bertz CT molecular complexity index is 1090. The SMILES string of the molecule is C/C(=N\Nc1nnc(SCc2ccc(Cl)c(Cl)c2)n1N)c1ccc2c(c1)OCO2. The van der Waals surface area contributed by atoms with E-state index in [4.69, 9.17) is 38.5 Å².